The molecule has 1 fully saturated rings. The van der Waals surface area contributed by atoms with E-state index in [1.165, 1.54) is 15.6 Å². The lowest BCUT2D eigenvalue weighted by Gasteiger charge is -2.34. The number of sulfonamides is 1. The lowest BCUT2D eigenvalue weighted by Crippen LogP contribution is -2.48. The monoisotopic (exact) mass is 359 g/mol. The van der Waals surface area contributed by atoms with Gasteiger partial charge in [0.1, 0.15) is 15.2 Å². The van der Waals surface area contributed by atoms with Crippen molar-refractivity contribution in [2.75, 3.05) is 36.8 Å². The summed E-state index contributed by atoms with van der Waals surface area (Å²) in [4.78, 5) is 9.90. The van der Waals surface area contributed by atoms with Gasteiger partial charge in [-0.15, -0.1) is 11.3 Å². The van der Waals surface area contributed by atoms with Crippen LogP contribution < -0.4 is 10.6 Å². The highest BCUT2D eigenvalue weighted by Gasteiger charge is 2.29. The Kier molecular flexibility index (Phi) is 4.22. The van der Waals surface area contributed by atoms with E-state index in [1.54, 1.807) is 23.6 Å². The Labute approximate surface area is 137 Å². The van der Waals surface area contributed by atoms with E-state index in [4.69, 9.17) is 17.3 Å². The van der Waals surface area contributed by atoms with Crippen molar-refractivity contribution in [3.8, 4) is 0 Å². The lowest BCUT2D eigenvalue weighted by molar-refractivity contribution is 0.385. The number of nitrogens with two attached hydrogens (primary N) is 1. The molecule has 0 spiro atoms. The first-order valence-corrected chi connectivity index (χ1v) is 9.25. The molecular formula is C12H14ClN5O2S2. The fraction of sp³-hybridized carbons (Fsp3) is 0.333. The van der Waals surface area contributed by atoms with Crippen molar-refractivity contribution in [2.24, 2.45) is 0 Å². The second-order valence-electron chi connectivity index (χ2n) is 4.73. The Bertz CT molecular complexity index is 738. The predicted octanol–water partition coefficient (Wildman–Crippen LogP) is 1.28. The minimum Gasteiger partial charge on any atom is -0.368 e. The molecule has 0 aliphatic carbocycles. The highest BCUT2D eigenvalue weighted by molar-refractivity contribution is 7.91. The summed E-state index contributed by atoms with van der Waals surface area (Å²) in [7, 11) is -3.40. The Morgan fingerprint density at radius 1 is 1.23 bits per heavy atom. The average molecular weight is 360 g/mol. The van der Waals surface area contributed by atoms with Crippen LogP contribution in [0.1, 0.15) is 0 Å². The maximum Gasteiger partial charge on any atom is 0.252 e. The number of hydrogen-bond acceptors (Lipinski definition) is 7. The molecule has 3 rings (SSSR count). The molecule has 0 amide bonds. The van der Waals surface area contributed by atoms with Gasteiger partial charge in [-0.3, -0.25) is 0 Å². The second-order valence-corrected chi connectivity index (χ2v) is 8.23. The van der Waals surface area contributed by atoms with Crippen molar-refractivity contribution in [2.45, 2.75) is 4.21 Å². The van der Waals surface area contributed by atoms with Gasteiger partial charge in [-0.1, -0.05) is 17.7 Å². The molecule has 2 aromatic rings. The summed E-state index contributed by atoms with van der Waals surface area (Å²) in [5.41, 5.74) is 5.59. The third-order valence-corrected chi connectivity index (χ3v) is 6.82. The first-order valence-electron chi connectivity index (χ1n) is 6.55. The van der Waals surface area contributed by atoms with E-state index >= 15 is 0 Å². The second kappa shape index (κ2) is 5.99. The first kappa shape index (κ1) is 15.5. The minimum absolute atomic E-state index is 0.108. The molecule has 22 heavy (non-hydrogen) atoms. The third-order valence-electron chi connectivity index (χ3n) is 3.35. The van der Waals surface area contributed by atoms with Crippen molar-refractivity contribution >= 4 is 44.7 Å². The smallest absolute Gasteiger partial charge is 0.252 e. The zero-order chi connectivity index (χ0) is 15.7. The van der Waals surface area contributed by atoms with Crippen LogP contribution in [0.3, 0.4) is 0 Å². The summed E-state index contributed by atoms with van der Waals surface area (Å²) in [6.07, 6.45) is 0. The number of rotatable bonds is 3. The van der Waals surface area contributed by atoms with E-state index in [2.05, 4.69) is 9.97 Å². The van der Waals surface area contributed by atoms with E-state index in [9.17, 15) is 8.42 Å². The molecule has 0 bridgehead atoms. The van der Waals surface area contributed by atoms with Crippen LogP contribution in [0.4, 0.5) is 11.8 Å². The molecule has 0 aromatic carbocycles. The van der Waals surface area contributed by atoms with Crippen LogP contribution in [0.5, 0.6) is 0 Å². The van der Waals surface area contributed by atoms with E-state index in [0.717, 1.165) is 0 Å². The van der Waals surface area contributed by atoms with Crippen LogP contribution >= 0.6 is 22.9 Å². The number of halogens is 1. The molecule has 0 saturated carbocycles. The van der Waals surface area contributed by atoms with Crippen molar-refractivity contribution in [3.63, 3.8) is 0 Å². The van der Waals surface area contributed by atoms with Crippen molar-refractivity contribution in [3.05, 3.63) is 28.7 Å². The fourth-order valence-corrected chi connectivity index (χ4v) is 5.03. The lowest BCUT2D eigenvalue weighted by atomic mass is 10.3. The predicted molar refractivity (Wildman–Crippen MR) is 86.7 cm³/mol. The molecule has 0 radical (unpaired) electrons. The highest BCUT2D eigenvalue weighted by Crippen LogP contribution is 2.24. The van der Waals surface area contributed by atoms with E-state index in [1.807, 2.05) is 4.90 Å². The number of aromatic nitrogens is 2. The summed E-state index contributed by atoms with van der Waals surface area (Å²) < 4.78 is 26.8. The van der Waals surface area contributed by atoms with Gasteiger partial charge in [0.15, 0.2) is 0 Å². The summed E-state index contributed by atoms with van der Waals surface area (Å²) in [5, 5.41) is 2.03. The van der Waals surface area contributed by atoms with Crippen LogP contribution in [0, 0.1) is 0 Å². The van der Waals surface area contributed by atoms with E-state index in [0.29, 0.717) is 36.2 Å². The van der Waals surface area contributed by atoms with Crippen molar-refractivity contribution < 1.29 is 8.42 Å². The largest absolute Gasteiger partial charge is 0.368 e. The summed E-state index contributed by atoms with van der Waals surface area (Å²) in [6, 6.07) is 4.98. The van der Waals surface area contributed by atoms with Gasteiger partial charge in [0.2, 0.25) is 5.95 Å². The maximum absolute atomic E-state index is 12.5. The molecule has 10 heteroatoms. The standard InChI is InChI=1S/C12H14ClN5O2S2/c13-9-8-10(16-12(14)15-9)17-3-5-18(6-4-17)22(19,20)11-2-1-7-21-11/h1-2,7-8H,3-6H2,(H2,14,15,16). The Balaban J connectivity index is 1.73. The molecular weight excluding hydrogens is 346 g/mol. The minimum atomic E-state index is -3.40. The number of thiophene rings is 1. The van der Waals surface area contributed by atoms with Crippen LogP contribution in [-0.2, 0) is 10.0 Å². The number of hydrogen-bond donors (Lipinski definition) is 1. The van der Waals surface area contributed by atoms with Crippen LogP contribution in [0.25, 0.3) is 0 Å². The molecule has 2 N–H and O–H groups in total. The van der Waals surface area contributed by atoms with Gasteiger partial charge in [-0.2, -0.15) is 9.29 Å². The quantitative estimate of drug-likeness (QED) is 0.830. The topological polar surface area (TPSA) is 92.4 Å². The summed E-state index contributed by atoms with van der Waals surface area (Å²) in [5.74, 6) is 0.724. The Morgan fingerprint density at radius 3 is 2.55 bits per heavy atom. The molecule has 0 atom stereocenters. The van der Waals surface area contributed by atoms with Gasteiger partial charge >= 0.3 is 0 Å². The van der Waals surface area contributed by atoms with Gasteiger partial charge in [0.25, 0.3) is 10.0 Å². The van der Waals surface area contributed by atoms with Gasteiger partial charge in [-0.05, 0) is 11.4 Å². The molecule has 2 aromatic heterocycles. The van der Waals surface area contributed by atoms with E-state index in [-0.39, 0.29) is 11.1 Å². The van der Waals surface area contributed by atoms with Crippen LogP contribution in [0.2, 0.25) is 5.15 Å². The van der Waals surface area contributed by atoms with E-state index < -0.39 is 10.0 Å². The Hall–Kier alpha value is -1.42. The molecule has 7 nitrogen and oxygen atoms in total. The van der Waals surface area contributed by atoms with Gasteiger partial charge in [0, 0.05) is 32.2 Å². The molecule has 1 aliphatic heterocycles. The highest BCUT2D eigenvalue weighted by atomic mass is 35.5. The van der Waals surface area contributed by atoms with Gasteiger partial charge < -0.3 is 10.6 Å². The number of nitrogens with zero attached hydrogens (tertiary/aromatic N) is 4. The van der Waals surface area contributed by atoms with Crippen molar-refractivity contribution in [1.29, 1.82) is 0 Å². The van der Waals surface area contributed by atoms with Crippen LogP contribution in [0.15, 0.2) is 27.8 Å². The third kappa shape index (κ3) is 3.02. The van der Waals surface area contributed by atoms with Gasteiger partial charge in [0.05, 0.1) is 0 Å². The zero-order valence-corrected chi connectivity index (χ0v) is 13.9. The molecule has 3 heterocycles. The number of piperazine rings is 1. The SMILES string of the molecule is Nc1nc(Cl)cc(N2CCN(S(=O)(=O)c3cccs3)CC2)n1. The summed E-state index contributed by atoms with van der Waals surface area (Å²) in [6.45, 7) is 1.83. The maximum atomic E-state index is 12.5. The van der Waals surface area contributed by atoms with Crippen molar-refractivity contribution in [1.82, 2.24) is 14.3 Å². The summed E-state index contributed by atoms with van der Waals surface area (Å²) >= 11 is 7.10. The van der Waals surface area contributed by atoms with Crippen LogP contribution in [-0.4, -0.2) is 48.9 Å². The normalized spacial score (nSPS) is 16.9. The molecule has 1 aliphatic rings. The molecule has 118 valence electrons. The zero-order valence-electron chi connectivity index (χ0n) is 11.5. The molecule has 0 unspecified atom stereocenters. The fourth-order valence-electron chi connectivity index (χ4n) is 2.28. The Morgan fingerprint density at radius 2 is 1.95 bits per heavy atom. The van der Waals surface area contributed by atoms with Gasteiger partial charge in [-0.25, -0.2) is 13.4 Å². The average Bonchev–Trinajstić information content (AvgIpc) is 3.01. The number of anilines is 2. The first-order chi connectivity index (χ1) is 10.5. The molecule has 1 saturated heterocycles. The number of nitrogen functional groups attached to an aromatic ring is 1.